The molecule has 3 heteroatoms. The van der Waals surface area contributed by atoms with Crippen molar-refractivity contribution in [1.82, 2.24) is 9.13 Å². The molecule has 0 aliphatic carbocycles. The van der Waals surface area contributed by atoms with Crippen LogP contribution in [0.15, 0.2) is 273 Å². The summed E-state index contributed by atoms with van der Waals surface area (Å²) in [6.45, 7) is 0. The van der Waals surface area contributed by atoms with Gasteiger partial charge >= 0.3 is 0 Å². The monoisotopic (exact) mass is 903 g/mol. The van der Waals surface area contributed by atoms with E-state index in [2.05, 4.69) is 287 Å². The smallest absolute Gasteiger partial charge is 0.0547 e. The van der Waals surface area contributed by atoms with Crippen molar-refractivity contribution < 1.29 is 0 Å². The molecule has 0 spiro atoms. The fourth-order valence-corrected chi connectivity index (χ4v) is 11.2. The van der Waals surface area contributed by atoms with Gasteiger partial charge in [0, 0.05) is 49.7 Å². The van der Waals surface area contributed by atoms with Crippen molar-refractivity contribution in [3.63, 3.8) is 0 Å². The summed E-state index contributed by atoms with van der Waals surface area (Å²) in [5.74, 6) is 0. The van der Waals surface area contributed by atoms with Gasteiger partial charge in [0.15, 0.2) is 0 Å². The average Bonchev–Trinajstić information content (AvgIpc) is 3.96. The zero-order valence-corrected chi connectivity index (χ0v) is 38.8. The molecule has 0 amide bonds. The molecule has 332 valence electrons. The number of aromatic nitrogens is 2. The van der Waals surface area contributed by atoms with Crippen molar-refractivity contribution in [1.29, 1.82) is 0 Å². The van der Waals surface area contributed by atoms with E-state index in [0.717, 1.165) is 34.0 Å². The van der Waals surface area contributed by atoms with E-state index in [1.807, 2.05) is 0 Å². The maximum Gasteiger partial charge on any atom is 0.0547 e. The van der Waals surface area contributed by atoms with E-state index in [0.29, 0.717) is 0 Å². The molecular weight excluding hydrogens is 859 g/mol. The Morgan fingerprint density at radius 3 is 1.31 bits per heavy atom. The predicted molar refractivity (Wildman–Crippen MR) is 301 cm³/mol. The SMILES string of the molecule is c1ccc(-n2c3ccccc3c3ccc(-c4ccc(N(c5ccc(-c6ccc(-n7c8ccccc8c8ccccc87)cc6)cc5)c5ccc(-c6cccc7ccccc67)cc5)c5ccccc45)cc32)cc1. The second-order valence-electron chi connectivity index (χ2n) is 18.5. The Morgan fingerprint density at radius 1 is 0.239 bits per heavy atom. The Labute approximate surface area is 412 Å². The summed E-state index contributed by atoms with van der Waals surface area (Å²) in [7, 11) is 0. The molecule has 0 aliphatic rings. The zero-order valence-electron chi connectivity index (χ0n) is 38.8. The molecule has 0 saturated heterocycles. The molecule has 0 saturated carbocycles. The van der Waals surface area contributed by atoms with Crippen LogP contribution in [0.3, 0.4) is 0 Å². The number of para-hydroxylation sites is 4. The highest BCUT2D eigenvalue weighted by atomic mass is 15.1. The third-order valence-corrected chi connectivity index (χ3v) is 14.5. The van der Waals surface area contributed by atoms with Crippen LogP contribution in [0.5, 0.6) is 0 Å². The topological polar surface area (TPSA) is 13.1 Å². The molecule has 12 aromatic carbocycles. The fraction of sp³-hybridized carbons (Fsp3) is 0. The van der Waals surface area contributed by atoms with Gasteiger partial charge in [0.25, 0.3) is 0 Å². The first kappa shape index (κ1) is 40.6. The number of rotatable bonds is 8. The fourth-order valence-electron chi connectivity index (χ4n) is 11.2. The zero-order chi connectivity index (χ0) is 46.8. The second-order valence-corrected chi connectivity index (χ2v) is 18.5. The highest BCUT2D eigenvalue weighted by Crippen LogP contribution is 2.44. The van der Waals surface area contributed by atoms with Gasteiger partial charge in [-0.2, -0.15) is 0 Å². The Hall–Kier alpha value is -9.44. The van der Waals surface area contributed by atoms with Gasteiger partial charge in [0.1, 0.15) is 0 Å². The normalized spacial score (nSPS) is 11.7. The Kier molecular flexibility index (Phi) is 9.53. The highest BCUT2D eigenvalue weighted by Gasteiger charge is 2.20. The van der Waals surface area contributed by atoms with Crippen LogP contribution in [0.4, 0.5) is 17.1 Å². The third-order valence-electron chi connectivity index (χ3n) is 14.5. The molecule has 0 fully saturated rings. The lowest BCUT2D eigenvalue weighted by Crippen LogP contribution is -2.10. The Bertz CT molecular complexity index is 4250. The molecule has 71 heavy (non-hydrogen) atoms. The maximum atomic E-state index is 2.42. The van der Waals surface area contributed by atoms with E-state index < -0.39 is 0 Å². The van der Waals surface area contributed by atoms with Crippen LogP contribution >= 0.6 is 0 Å². The van der Waals surface area contributed by atoms with Gasteiger partial charge in [-0.25, -0.2) is 0 Å². The van der Waals surface area contributed by atoms with Crippen LogP contribution in [0.1, 0.15) is 0 Å². The standard InChI is InChI=1S/C68H45N3/c1-2-17-51(18-3-1)71-66-28-13-10-24-62(66)63-42-35-50(45-68(63)71)57-43-44-67(59-21-7-6-20-58(57)59)69(53-40-33-49(34-41-53)56-25-14-16-48-15-4-5-19-55(48)56)52-36-29-46(30-37-52)47-31-38-54(39-32-47)70-64-26-11-8-22-60(64)61-23-9-12-27-65(61)70/h1-45H. The first-order valence-corrected chi connectivity index (χ1v) is 24.4. The van der Waals surface area contributed by atoms with E-state index in [4.69, 9.17) is 0 Å². The van der Waals surface area contributed by atoms with Gasteiger partial charge in [-0.15, -0.1) is 0 Å². The van der Waals surface area contributed by atoms with Crippen molar-refractivity contribution in [2.45, 2.75) is 0 Å². The molecule has 2 aromatic heterocycles. The molecule has 0 aliphatic heterocycles. The van der Waals surface area contributed by atoms with E-state index >= 15 is 0 Å². The summed E-state index contributed by atoms with van der Waals surface area (Å²) in [4.78, 5) is 2.42. The lowest BCUT2D eigenvalue weighted by atomic mass is 9.95. The summed E-state index contributed by atoms with van der Waals surface area (Å²) in [6, 6.07) is 99.7. The number of nitrogens with zero attached hydrogens (tertiary/aromatic N) is 3. The number of hydrogen-bond donors (Lipinski definition) is 0. The average molecular weight is 904 g/mol. The van der Waals surface area contributed by atoms with E-state index in [1.54, 1.807) is 0 Å². The highest BCUT2D eigenvalue weighted by molar-refractivity contribution is 6.13. The summed E-state index contributed by atoms with van der Waals surface area (Å²) in [5, 5.41) is 9.90. The van der Waals surface area contributed by atoms with E-state index in [1.165, 1.54) is 93.0 Å². The number of anilines is 3. The first-order chi connectivity index (χ1) is 35.2. The molecule has 0 N–H and O–H groups in total. The minimum atomic E-state index is 1.08. The van der Waals surface area contributed by atoms with Crippen molar-refractivity contribution in [3.8, 4) is 44.8 Å². The van der Waals surface area contributed by atoms with Crippen LogP contribution < -0.4 is 4.90 Å². The van der Waals surface area contributed by atoms with Crippen LogP contribution in [0, 0.1) is 0 Å². The molecule has 3 nitrogen and oxygen atoms in total. The van der Waals surface area contributed by atoms with Crippen LogP contribution in [0.25, 0.3) is 110 Å². The van der Waals surface area contributed by atoms with Crippen molar-refractivity contribution in [2.24, 2.45) is 0 Å². The van der Waals surface area contributed by atoms with Gasteiger partial charge < -0.3 is 14.0 Å². The van der Waals surface area contributed by atoms with Crippen LogP contribution in [-0.4, -0.2) is 9.13 Å². The largest absolute Gasteiger partial charge is 0.310 e. The molecule has 0 atom stereocenters. The summed E-state index contributed by atoms with van der Waals surface area (Å²) >= 11 is 0. The van der Waals surface area contributed by atoms with Crippen molar-refractivity contribution >= 4 is 82.2 Å². The van der Waals surface area contributed by atoms with Crippen molar-refractivity contribution in [2.75, 3.05) is 4.90 Å². The number of hydrogen-bond acceptors (Lipinski definition) is 1. The quantitative estimate of drug-likeness (QED) is 0.148. The minimum Gasteiger partial charge on any atom is -0.310 e. The summed E-state index contributed by atoms with van der Waals surface area (Å²) in [5.41, 5.74) is 17.5. The summed E-state index contributed by atoms with van der Waals surface area (Å²) < 4.78 is 4.78. The van der Waals surface area contributed by atoms with Gasteiger partial charge in [0.05, 0.1) is 27.8 Å². The van der Waals surface area contributed by atoms with Crippen LogP contribution in [-0.2, 0) is 0 Å². The van der Waals surface area contributed by atoms with Gasteiger partial charge in [-0.1, -0.05) is 194 Å². The first-order valence-electron chi connectivity index (χ1n) is 24.4. The second kappa shape index (κ2) is 16.7. The minimum absolute atomic E-state index is 1.08. The third kappa shape index (κ3) is 6.74. The molecule has 14 aromatic rings. The molecule has 0 unspecified atom stereocenters. The Balaban J connectivity index is 0.883. The maximum absolute atomic E-state index is 2.42. The Morgan fingerprint density at radius 2 is 0.676 bits per heavy atom. The lowest BCUT2D eigenvalue weighted by molar-refractivity contribution is 1.18. The van der Waals surface area contributed by atoms with Gasteiger partial charge in [-0.05, 0) is 128 Å². The van der Waals surface area contributed by atoms with Crippen molar-refractivity contribution in [3.05, 3.63) is 273 Å². The molecule has 2 heterocycles. The van der Waals surface area contributed by atoms with Crippen LogP contribution in [0.2, 0.25) is 0 Å². The molecule has 14 rings (SSSR count). The predicted octanol–water partition coefficient (Wildman–Crippen LogP) is 18.7. The number of fused-ring (bicyclic) bond motifs is 8. The molecule has 0 radical (unpaired) electrons. The van der Waals surface area contributed by atoms with E-state index in [-0.39, 0.29) is 0 Å². The summed E-state index contributed by atoms with van der Waals surface area (Å²) in [6.07, 6.45) is 0. The lowest BCUT2D eigenvalue weighted by Gasteiger charge is -2.28. The molecular formula is C68H45N3. The van der Waals surface area contributed by atoms with Gasteiger partial charge in [-0.3, -0.25) is 0 Å². The number of benzene rings is 12. The molecule has 0 bridgehead atoms. The van der Waals surface area contributed by atoms with Gasteiger partial charge in [0.2, 0.25) is 0 Å². The van der Waals surface area contributed by atoms with E-state index in [9.17, 15) is 0 Å².